The van der Waals surface area contributed by atoms with Crippen LogP contribution in [0.3, 0.4) is 0 Å². The van der Waals surface area contributed by atoms with Gasteiger partial charge in [0.2, 0.25) is 5.91 Å². The Morgan fingerprint density at radius 2 is 2.33 bits per heavy atom. The molecule has 1 rings (SSSR count). The molecule has 0 radical (unpaired) electrons. The number of carbonyl (C=O) groups is 1. The van der Waals surface area contributed by atoms with Gasteiger partial charge in [-0.25, -0.2) is 0 Å². The maximum absolute atomic E-state index is 11.8. The van der Waals surface area contributed by atoms with Crippen molar-refractivity contribution >= 4 is 17.7 Å². The molecular weight excluding hydrogens is 208 g/mol. The van der Waals surface area contributed by atoms with Gasteiger partial charge in [-0.2, -0.15) is 11.8 Å². The van der Waals surface area contributed by atoms with E-state index in [-0.39, 0.29) is 5.91 Å². The predicted molar refractivity (Wildman–Crippen MR) is 66.3 cm³/mol. The summed E-state index contributed by atoms with van der Waals surface area (Å²) in [6, 6.07) is 0.937. The van der Waals surface area contributed by atoms with E-state index >= 15 is 0 Å². The molecule has 0 aromatic rings. The average Bonchev–Trinajstić information content (AvgIpc) is 2.68. The molecule has 1 heterocycles. The molecule has 1 fully saturated rings. The Bertz CT molecular complexity index is 203. The molecule has 1 unspecified atom stereocenters. The highest BCUT2D eigenvalue weighted by Gasteiger charge is 2.23. The summed E-state index contributed by atoms with van der Waals surface area (Å²) < 4.78 is 0. The maximum atomic E-state index is 11.8. The summed E-state index contributed by atoms with van der Waals surface area (Å²) in [5.74, 6) is 2.59. The van der Waals surface area contributed by atoms with E-state index in [1.54, 1.807) is 0 Å². The number of nitrogens with one attached hydrogen (secondary N) is 1. The van der Waals surface area contributed by atoms with Crippen LogP contribution in [0.4, 0.5) is 0 Å². The molecule has 88 valence electrons. The maximum Gasteiger partial charge on any atom is 0.223 e. The molecule has 0 spiro atoms. The first-order valence-electron chi connectivity index (χ1n) is 5.68. The minimum Gasteiger partial charge on any atom is -0.342 e. The van der Waals surface area contributed by atoms with Crippen molar-refractivity contribution in [3.63, 3.8) is 0 Å². The summed E-state index contributed by atoms with van der Waals surface area (Å²) in [6.45, 7) is 4.99. The molecule has 0 aromatic heterocycles. The standard InChI is InChI=1S/C11H22N2OS/c1-9(2)12-6-4-11(14)13(3)10-5-7-15-8-10/h9-10,12H,4-8H2,1-3H3. The normalized spacial score (nSPS) is 20.9. The van der Waals surface area contributed by atoms with Crippen LogP contribution >= 0.6 is 11.8 Å². The van der Waals surface area contributed by atoms with Crippen molar-refractivity contribution in [1.29, 1.82) is 0 Å². The molecule has 1 atom stereocenters. The molecule has 0 aliphatic carbocycles. The van der Waals surface area contributed by atoms with Gasteiger partial charge in [-0.05, 0) is 12.2 Å². The number of amides is 1. The van der Waals surface area contributed by atoms with Crippen LogP contribution in [0.5, 0.6) is 0 Å². The van der Waals surface area contributed by atoms with Gasteiger partial charge in [0.1, 0.15) is 0 Å². The lowest BCUT2D eigenvalue weighted by Crippen LogP contribution is -2.38. The summed E-state index contributed by atoms with van der Waals surface area (Å²) >= 11 is 1.95. The van der Waals surface area contributed by atoms with Gasteiger partial charge in [0.25, 0.3) is 0 Å². The molecule has 1 aliphatic heterocycles. The molecule has 0 bridgehead atoms. The van der Waals surface area contributed by atoms with Crippen molar-refractivity contribution < 1.29 is 4.79 Å². The zero-order chi connectivity index (χ0) is 11.3. The Kier molecular flexibility index (Phi) is 5.47. The molecule has 15 heavy (non-hydrogen) atoms. The zero-order valence-corrected chi connectivity index (χ0v) is 10.8. The number of rotatable bonds is 5. The first-order chi connectivity index (χ1) is 7.11. The summed E-state index contributed by atoms with van der Waals surface area (Å²) in [4.78, 5) is 13.7. The van der Waals surface area contributed by atoms with Crippen LogP contribution in [0.15, 0.2) is 0 Å². The van der Waals surface area contributed by atoms with Gasteiger partial charge in [0.05, 0.1) is 0 Å². The van der Waals surface area contributed by atoms with E-state index in [1.807, 2.05) is 23.7 Å². The third-order valence-electron chi connectivity index (χ3n) is 2.74. The fourth-order valence-corrected chi connectivity index (χ4v) is 2.94. The fraction of sp³-hybridized carbons (Fsp3) is 0.909. The lowest BCUT2D eigenvalue weighted by Gasteiger charge is -2.24. The Hall–Kier alpha value is -0.220. The van der Waals surface area contributed by atoms with E-state index in [9.17, 15) is 4.79 Å². The quantitative estimate of drug-likeness (QED) is 0.773. The van der Waals surface area contributed by atoms with Gasteiger partial charge in [-0.1, -0.05) is 13.8 Å². The van der Waals surface area contributed by atoms with Gasteiger partial charge >= 0.3 is 0 Å². The van der Waals surface area contributed by atoms with Crippen molar-refractivity contribution in [2.75, 3.05) is 25.1 Å². The number of hydrogen-bond acceptors (Lipinski definition) is 3. The second kappa shape index (κ2) is 6.38. The summed E-state index contributed by atoms with van der Waals surface area (Å²) in [5, 5.41) is 3.27. The molecule has 1 aliphatic rings. The Labute approximate surface area is 97.0 Å². The van der Waals surface area contributed by atoms with Gasteiger partial charge in [0.15, 0.2) is 0 Å². The van der Waals surface area contributed by atoms with Crippen LogP contribution < -0.4 is 5.32 Å². The number of nitrogens with zero attached hydrogens (tertiary/aromatic N) is 1. The minimum atomic E-state index is 0.274. The third-order valence-corrected chi connectivity index (χ3v) is 3.88. The largest absolute Gasteiger partial charge is 0.342 e. The van der Waals surface area contributed by atoms with Crippen LogP contribution in [0.2, 0.25) is 0 Å². The Morgan fingerprint density at radius 3 is 2.87 bits per heavy atom. The second-order valence-electron chi connectivity index (χ2n) is 4.38. The second-order valence-corrected chi connectivity index (χ2v) is 5.53. The molecule has 0 aromatic carbocycles. The molecule has 1 N–H and O–H groups in total. The number of thioether (sulfide) groups is 1. The summed E-state index contributed by atoms with van der Waals surface area (Å²) in [5.41, 5.74) is 0. The summed E-state index contributed by atoms with van der Waals surface area (Å²) in [6.07, 6.45) is 1.78. The van der Waals surface area contributed by atoms with Crippen LogP contribution in [0, 0.1) is 0 Å². The van der Waals surface area contributed by atoms with Crippen molar-refractivity contribution in [1.82, 2.24) is 10.2 Å². The van der Waals surface area contributed by atoms with Crippen LogP contribution in [0.25, 0.3) is 0 Å². The number of hydrogen-bond donors (Lipinski definition) is 1. The van der Waals surface area contributed by atoms with Gasteiger partial charge in [-0.15, -0.1) is 0 Å². The molecule has 1 saturated heterocycles. The third kappa shape index (κ3) is 4.43. The topological polar surface area (TPSA) is 32.3 Å². The van der Waals surface area contributed by atoms with Crippen molar-refractivity contribution in [2.45, 2.75) is 38.8 Å². The van der Waals surface area contributed by atoms with Crippen LogP contribution in [-0.4, -0.2) is 48.0 Å². The molecule has 4 heteroatoms. The van der Waals surface area contributed by atoms with E-state index in [0.29, 0.717) is 18.5 Å². The van der Waals surface area contributed by atoms with Crippen LogP contribution in [-0.2, 0) is 4.79 Å². The highest BCUT2D eigenvalue weighted by molar-refractivity contribution is 7.99. The minimum absolute atomic E-state index is 0.274. The summed E-state index contributed by atoms with van der Waals surface area (Å²) in [7, 11) is 1.94. The highest BCUT2D eigenvalue weighted by atomic mass is 32.2. The first-order valence-corrected chi connectivity index (χ1v) is 6.83. The smallest absolute Gasteiger partial charge is 0.223 e. The van der Waals surface area contributed by atoms with E-state index in [1.165, 1.54) is 5.75 Å². The first kappa shape index (κ1) is 12.8. The van der Waals surface area contributed by atoms with Gasteiger partial charge < -0.3 is 10.2 Å². The van der Waals surface area contributed by atoms with Crippen molar-refractivity contribution in [3.05, 3.63) is 0 Å². The van der Waals surface area contributed by atoms with Crippen molar-refractivity contribution in [3.8, 4) is 0 Å². The van der Waals surface area contributed by atoms with E-state index in [2.05, 4.69) is 19.2 Å². The van der Waals surface area contributed by atoms with Crippen LogP contribution in [0.1, 0.15) is 26.7 Å². The molecule has 0 saturated carbocycles. The van der Waals surface area contributed by atoms with E-state index in [0.717, 1.165) is 18.7 Å². The van der Waals surface area contributed by atoms with E-state index < -0.39 is 0 Å². The molecule has 1 amide bonds. The van der Waals surface area contributed by atoms with Gasteiger partial charge in [-0.3, -0.25) is 4.79 Å². The lowest BCUT2D eigenvalue weighted by atomic mass is 10.2. The van der Waals surface area contributed by atoms with Crippen molar-refractivity contribution in [2.24, 2.45) is 0 Å². The molecule has 3 nitrogen and oxygen atoms in total. The Balaban J connectivity index is 2.20. The Morgan fingerprint density at radius 1 is 1.60 bits per heavy atom. The lowest BCUT2D eigenvalue weighted by molar-refractivity contribution is -0.131. The fourth-order valence-electron chi connectivity index (χ4n) is 1.68. The number of carbonyl (C=O) groups excluding carboxylic acids is 1. The zero-order valence-electron chi connectivity index (χ0n) is 9.95. The SMILES string of the molecule is CC(C)NCCC(=O)N(C)C1CCSC1. The van der Waals surface area contributed by atoms with E-state index in [4.69, 9.17) is 0 Å². The predicted octanol–water partition coefficient (Wildman–Crippen LogP) is 1.34. The monoisotopic (exact) mass is 230 g/mol. The van der Waals surface area contributed by atoms with Gasteiger partial charge in [0, 0.05) is 37.8 Å². The average molecular weight is 230 g/mol. The molecular formula is C11H22N2OS. The highest BCUT2D eigenvalue weighted by Crippen LogP contribution is 2.21.